The lowest BCUT2D eigenvalue weighted by Gasteiger charge is -2.22. The SMILES string of the molecule is CC(C(N)C(=O)O)C(O)c1ccc(O)cc1. The standard InChI is InChI=1S/C11H15NO4/c1-6(9(12)11(15)16)10(14)7-2-4-8(13)5-3-7/h2-6,9-10,13-14H,12H2,1H3,(H,15,16). The smallest absolute Gasteiger partial charge is 0.320 e. The average molecular weight is 225 g/mol. The van der Waals surface area contributed by atoms with Crippen molar-refractivity contribution in [1.29, 1.82) is 0 Å². The summed E-state index contributed by atoms with van der Waals surface area (Å²) in [5, 5.41) is 27.7. The highest BCUT2D eigenvalue weighted by molar-refractivity contribution is 5.73. The van der Waals surface area contributed by atoms with Crippen molar-refractivity contribution in [3.05, 3.63) is 29.8 Å². The summed E-state index contributed by atoms with van der Waals surface area (Å²) in [4.78, 5) is 10.7. The van der Waals surface area contributed by atoms with E-state index in [4.69, 9.17) is 15.9 Å². The number of phenols is 1. The maximum Gasteiger partial charge on any atom is 0.320 e. The number of carbonyl (C=O) groups is 1. The Morgan fingerprint density at radius 2 is 1.81 bits per heavy atom. The zero-order valence-electron chi connectivity index (χ0n) is 8.87. The number of carboxylic acids is 1. The maximum absolute atomic E-state index is 10.7. The van der Waals surface area contributed by atoms with Gasteiger partial charge in [0.05, 0.1) is 6.10 Å². The fourth-order valence-electron chi connectivity index (χ4n) is 1.40. The third-order valence-electron chi connectivity index (χ3n) is 2.58. The van der Waals surface area contributed by atoms with Crippen molar-refractivity contribution in [1.82, 2.24) is 0 Å². The van der Waals surface area contributed by atoms with Gasteiger partial charge in [-0.15, -0.1) is 0 Å². The van der Waals surface area contributed by atoms with Crippen LogP contribution in [0.2, 0.25) is 0 Å². The molecule has 0 amide bonds. The fraction of sp³-hybridized carbons (Fsp3) is 0.364. The molecule has 5 heteroatoms. The normalized spacial score (nSPS) is 16.4. The van der Waals surface area contributed by atoms with Gasteiger partial charge in [-0.25, -0.2) is 0 Å². The summed E-state index contributed by atoms with van der Waals surface area (Å²) in [7, 11) is 0. The zero-order valence-corrected chi connectivity index (χ0v) is 8.87. The van der Waals surface area contributed by atoms with Gasteiger partial charge in [0, 0.05) is 5.92 Å². The van der Waals surface area contributed by atoms with Gasteiger partial charge in [-0.05, 0) is 17.7 Å². The minimum atomic E-state index is -1.15. The molecule has 3 unspecified atom stereocenters. The molecule has 5 N–H and O–H groups in total. The van der Waals surface area contributed by atoms with E-state index in [0.717, 1.165) is 0 Å². The van der Waals surface area contributed by atoms with Crippen LogP contribution in [0.4, 0.5) is 0 Å². The van der Waals surface area contributed by atoms with Crippen LogP contribution in [-0.4, -0.2) is 27.3 Å². The first-order valence-electron chi connectivity index (χ1n) is 4.89. The lowest BCUT2D eigenvalue weighted by molar-refractivity contribution is -0.140. The molecule has 0 aliphatic rings. The van der Waals surface area contributed by atoms with E-state index >= 15 is 0 Å². The molecule has 0 bridgehead atoms. The van der Waals surface area contributed by atoms with Gasteiger partial charge in [0.1, 0.15) is 11.8 Å². The van der Waals surface area contributed by atoms with E-state index in [9.17, 15) is 9.90 Å². The first kappa shape index (κ1) is 12.5. The number of hydrogen-bond donors (Lipinski definition) is 4. The van der Waals surface area contributed by atoms with Gasteiger partial charge in [0.2, 0.25) is 0 Å². The number of nitrogens with two attached hydrogens (primary N) is 1. The predicted octanol–water partition coefficient (Wildman–Crippen LogP) is 0.474. The van der Waals surface area contributed by atoms with E-state index < -0.39 is 24.0 Å². The number of aliphatic hydroxyl groups is 1. The summed E-state index contributed by atoms with van der Waals surface area (Å²) in [5.74, 6) is -1.67. The highest BCUT2D eigenvalue weighted by Gasteiger charge is 2.27. The Kier molecular flexibility index (Phi) is 3.87. The lowest BCUT2D eigenvalue weighted by atomic mass is 9.91. The second-order valence-corrected chi connectivity index (χ2v) is 3.76. The maximum atomic E-state index is 10.7. The minimum Gasteiger partial charge on any atom is -0.508 e. The van der Waals surface area contributed by atoms with Crippen LogP contribution in [0.15, 0.2) is 24.3 Å². The van der Waals surface area contributed by atoms with E-state index in [1.165, 1.54) is 24.3 Å². The number of benzene rings is 1. The topological polar surface area (TPSA) is 104 Å². The molecule has 16 heavy (non-hydrogen) atoms. The molecule has 5 nitrogen and oxygen atoms in total. The van der Waals surface area contributed by atoms with Gasteiger partial charge in [0.25, 0.3) is 0 Å². The molecule has 0 saturated heterocycles. The summed E-state index contributed by atoms with van der Waals surface area (Å²) >= 11 is 0. The number of rotatable bonds is 4. The number of carboxylic acid groups (broad SMARTS) is 1. The minimum absolute atomic E-state index is 0.0890. The van der Waals surface area contributed by atoms with Crippen LogP contribution < -0.4 is 5.73 Å². The molecule has 0 radical (unpaired) electrons. The fourth-order valence-corrected chi connectivity index (χ4v) is 1.40. The molecule has 0 heterocycles. The highest BCUT2D eigenvalue weighted by Crippen LogP contribution is 2.25. The molecule has 0 spiro atoms. The number of phenolic OH excluding ortho intramolecular Hbond substituents is 1. The molecular formula is C11H15NO4. The quantitative estimate of drug-likeness (QED) is 0.596. The van der Waals surface area contributed by atoms with Crippen molar-refractivity contribution in [2.75, 3.05) is 0 Å². The molecule has 1 aromatic carbocycles. The Morgan fingerprint density at radius 1 is 1.31 bits per heavy atom. The van der Waals surface area contributed by atoms with Crippen LogP contribution in [0.1, 0.15) is 18.6 Å². The largest absolute Gasteiger partial charge is 0.508 e. The molecule has 3 atom stereocenters. The second-order valence-electron chi connectivity index (χ2n) is 3.76. The molecular weight excluding hydrogens is 210 g/mol. The van der Waals surface area contributed by atoms with Crippen molar-refractivity contribution in [3.63, 3.8) is 0 Å². The van der Waals surface area contributed by atoms with Crippen molar-refractivity contribution >= 4 is 5.97 Å². The van der Waals surface area contributed by atoms with Crippen molar-refractivity contribution in [2.24, 2.45) is 11.7 Å². The van der Waals surface area contributed by atoms with E-state index in [1.54, 1.807) is 6.92 Å². The van der Waals surface area contributed by atoms with Crippen LogP contribution in [0, 0.1) is 5.92 Å². The Labute approximate surface area is 93.1 Å². The van der Waals surface area contributed by atoms with Crippen molar-refractivity contribution < 1.29 is 20.1 Å². The van der Waals surface area contributed by atoms with Crippen LogP contribution >= 0.6 is 0 Å². The lowest BCUT2D eigenvalue weighted by Crippen LogP contribution is -2.39. The second kappa shape index (κ2) is 4.96. The Balaban J connectivity index is 2.81. The van der Waals surface area contributed by atoms with Crippen molar-refractivity contribution in [3.8, 4) is 5.75 Å². The summed E-state index contributed by atoms with van der Waals surface area (Å²) in [6.07, 6.45) is -0.966. The molecule has 0 aromatic heterocycles. The van der Waals surface area contributed by atoms with E-state index in [0.29, 0.717) is 5.56 Å². The summed E-state index contributed by atoms with van der Waals surface area (Å²) < 4.78 is 0. The number of aliphatic hydroxyl groups excluding tert-OH is 1. The van der Waals surface area contributed by atoms with Crippen LogP contribution in [-0.2, 0) is 4.79 Å². The van der Waals surface area contributed by atoms with Gasteiger partial charge in [-0.3, -0.25) is 4.79 Å². The summed E-state index contributed by atoms with van der Waals surface area (Å²) in [6, 6.07) is 4.80. The first-order valence-corrected chi connectivity index (χ1v) is 4.89. The molecule has 88 valence electrons. The number of aliphatic carboxylic acids is 1. The van der Waals surface area contributed by atoms with E-state index in [-0.39, 0.29) is 5.75 Å². The molecule has 0 aliphatic heterocycles. The van der Waals surface area contributed by atoms with Gasteiger partial charge in [-0.2, -0.15) is 0 Å². The van der Waals surface area contributed by atoms with Crippen molar-refractivity contribution in [2.45, 2.75) is 19.1 Å². The Hall–Kier alpha value is -1.59. The summed E-state index contributed by atoms with van der Waals surface area (Å²) in [5.41, 5.74) is 5.95. The predicted molar refractivity (Wildman–Crippen MR) is 57.8 cm³/mol. The van der Waals surface area contributed by atoms with Gasteiger partial charge < -0.3 is 21.1 Å². The zero-order chi connectivity index (χ0) is 12.3. The van der Waals surface area contributed by atoms with Crippen LogP contribution in [0.25, 0.3) is 0 Å². The van der Waals surface area contributed by atoms with Crippen LogP contribution in [0.3, 0.4) is 0 Å². The summed E-state index contributed by atoms with van der Waals surface area (Å²) in [6.45, 7) is 1.57. The monoisotopic (exact) mass is 225 g/mol. The molecule has 0 saturated carbocycles. The Bertz CT molecular complexity index is 363. The highest BCUT2D eigenvalue weighted by atomic mass is 16.4. The van der Waals surface area contributed by atoms with Gasteiger partial charge in [-0.1, -0.05) is 19.1 Å². The van der Waals surface area contributed by atoms with E-state index in [2.05, 4.69) is 0 Å². The van der Waals surface area contributed by atoms with Gasteiger partial charge in [0.15, 0.2) is 0 Å². The third-order valence-corrected chi connectivity index (χ3v) is 2.58. The third kappa shape index (κ3) is 2.71. The molecule has 0 aliphatic carbocycles. The number of hydrogen-bond acceptors (Lipinski definition) is 4. The number of aromatic hydroxyl groups is 1. The van der Waals surface area contributed by atoms with E-state index in [1.807, 2.05) is 0 Å². The van der Waals surface area contributed by atoms with Crippen LogP contribution in [0.5, 0.6) is 5.75 Å². The first-order chi connectivity index (χ1) is 7.43. The molecule has 1 aromatic rings. The average Bonchev–Trinajstić information content (AvgIpc) is 2.27. The molecule has 0 fully saturated rings. The van der Waals surface area contributed by atoms with Gasteiger partial charge >= 0.3 is 5.97 Å². The Morgan fingerprint density at radius 3 is 2.25 bits per heavy atom. The molecule has 1 rings (SSSR count).